The second kappa shape index (κ2) is 9.30. The van der Waals surface area contributed by atoms with Crippen LogP contribution in [0.3, 0.4) is 0 Å². The molecule has 8 nitrogen and oxygen atoms in total. The predicted molar refractivity (Wildman–Crippen MR) is 113 cm³/mol. The van der Waals surface area contributed by atoms with E-state index in [1.807, 2.05) is 19.1 Å². The first-order chi connectivity index (χ1) is 14.5. The van der Waals surface area contributed by atoms with Crippen LogP contribution in [0.15, 0.2) is 41.5 Å². The molecule has 1 N–H and O–H groups in total. The number of nitrogens with one attached hydrogen (secondary N) is 1. The molecule has 0 fully saturated rings. The number of amides is 1. The maximum absolute atomic E-state index is 12.6. The van der Waals surface area contributed by atoms with Crippen molar-refractivity contribution in [1.29, 1.82) is 0 Å². The van der Waals surface area contributed by atoms with Crippen molar-refractivity contribution in [2.45, 2.75) is 26.4 Å². The lowest BCUT2D eigenvalue weighted by atomic mass is 10.1. The number of rotatable bonds is 8. The van der Waals surface area contributed by atoms with E-state index < -0.39 is 0 Å². The van der Waals surface area contributed by atoms with Crippen molar-refractivity contribution in [2.75, 3.05) is 21.3 Å². The summed E-state index contributed by atoms with van der Waals surface area (Å²) in [6.45, 7) is 2.41. The fourth-order valence-corrected chi connectivity index (χ4v) is 3.23. The molecule has 0 atom stereocenters. The van der Waals surface area contributed by atoms with Gasteiger partial charge in [-0.3, -0.25) is 14.2 Å². The number of benzene rings is 2. The van der Waals surface area contributed by atoms with Gasteiger partial charge in [-0.15, -0.1) is 0 Å². The summed E-state index contributed by atoms with van der Waals surface area (Å²) in [6.07, 6.45) is 1.64. The van der Waals surface area contributed by atoms with Gasteiger partial charge in [-0.2, -0.15) is 0 Å². The summed E-state index contributed by atoms with van der Waals surface area (Å²) in [5, 5.41) is 3.40. The lowest BCUT2D eigenvalue weighted by molar-refractivity contribution is -0.121. The molecule has 0 aliphatic rings. The molecule has 0 saturated carbocycles. The van der Waals surface area contributed by atoms with Crippen molar-refractivity contribution in [1.82, 2.24) is 14.9 Å². The van der Waals surface area contributed by atoms with E-state index in [0.717, 1.165) is 11.1 Å². The molecule has 1 aromatic heterocycles. The minimum absolute atomic E-state index is 0.147. The Bertz CT molecular complexity index is 1120. The zero-order chi connectivity index (χ0) is 21.7. The number of nitrogens with zero attached hydrogens (tertiary/aromatic N) is 2. The molecule has 2 aromatic carbocycles. The molecule has 0 aliphatic heterocycles. The summed E-state index contributed by atoms with van der Waals surface area (Å²) in [5.41, 5.74) is 2.23. The van der Waals surface area contributed by atoms with Gasteiger partial charge >= 0.3 is 0 Å². The van der Waals surface area contributed by atoms with Gasteiger partial charge in [0.15, 0.2) is 11.5 Å². The third kappa shape index (κ3) is 4.37. The number of aryl methyl sites for hydroxylation is 2. The maximum atomic E-state index is 12.6. The first-order valence-electron chi connectivity index (χ1n) is 9.48. The van der Waals surface area contributed by atoms with Crippen molar-refractivity contribution in [3.8, 4) is 17.2 Å². The van der Waals surface area contributed by atoms with Crippen LogP contribution in [-0.2, 0) is 17.9 Å². The monoisotopic (exact) mass is 411 g/mol. The highest BCUT2D eigenvalue weighted by Gasteiger charge is 2.13. The Morgan fingerprint density at radius 2 is 1.77 bits per heavy atom. The van der Waals surface area contributed by atoms with Gasteiger partial charge in [0.2, 0.25) is 5.91 Å². The molecule has 0 spiro atoms. The topological polar surface area (TPSA) is 91.7 Å². The summed E-state index contributed by atoms with van der Waals surface area (Å²) in [4.78, 5) is 29.3. The minimum Gasteiger partial charge on any atom is -0.496 e. The van der Waals surface area contributed by atoms with Gasteiger partial charge < -0.3 is 19.5 Å². The van der Waals surface area contributed by atoms with Gasteiger partial charge in [-0.25, -0.2) is 4.98 Å². The van der Waals surface area contributed by atoms with E-state index in [-0.39, 0.29) is 31.0 Å². The van der Waals surface area contributed by atoms with Crippen LogP contribution < -0.4 is 25.1 Å². The molecular formula is C22H25N3O5. The van der Waals surface area contributed by atoms with Gasteiger partial charge in [0.25, 0.3) is 5.56 Å². The number of carbonyl (C=O) groups excluding carboxylic acids is 1. The summed E-state index contributed by atoms with van der Waals surface area (Å²) in [6, 6.07) is 8.96. The smallest absolute Gasteiger partial charge is 0.261 e. The molecule has 8 heteroatoms. The number of fused-ring (bicyclic) bond motifs is 1. The van der Waals surface area contributed by atoms with E-state index in [4.69, 9.17) is 14.2 Å². The van der Waals surface area contributed by atoms with E-state index in [9.17, 15) is 9.59 Å². The number of ether oxygens (including phenoxy) is 3. The molecule has 0 unspecified atom stereocenters. The highest BCUT2D eigenvalue weighted by molar-refractivity contribution is 5.80. The standard InChI is InChI=1S/C22H25N3O5/c1-14-6-5-7-16-21(14)24-13-25(22(16)27)9-8-20(26)23-12-15-10-18(29-3)19(30-4)11-17(15)28-2/h5-7,10-11,13H,8-9,12H2,1-4H3,(H,23,26). The molecule has 3 rings (SSSR count). The van der Waals surface area contributed by atoms with Crippen LogP contribution >= 0.6 is 0 Å². The molecule has 0 aliphatic carbocycles. The van der Waals surface area contributed by atoms with Gasteiger partial charge in [0.05, 0.1) is 38.6 Å². The maximum Gasteiger partial charge on any atom is 0.261 e. The first-order valence-corrected chi connectivity index (χ1v) is 9.48. The van der Waals surface area contributed by atoms with Crippen molar-refractivity contribution >= 4 is 16.8 Å². The van der Waals surface area contributed by atoms with E-state index in [0.29, 0.717) is 28.2 Å². The molecule has 30 heavy (non-hydrogen) atoms. The molecular weight excluding hydrogens is 386 g/mol. The Labute approximate surface area is 174 Å². The number of aromatic nitrogens is 2. The Kier molecular flexibility index (Phi) is 6.56. The molecule has 1 heterocycles. The quantitative estimate of drug-likeness (QED) is 0.612. The Balaban J connectivity index is 1.67. The number of carbonyl (C=O) groups is 1. The summed E-state index contributed by atoms with van der Waals surface area (Å²) >= 11 is 0. The Hall–Kier alpha value is -3.55. The van der Waals surface area contributed by atoms with E-state index in [1.165, 1.54) is 10.9 Å². The third-order valence-electron chi connectivity index (χ3n) is 4.90. The van der Waals surface area contributed by atoms with Gasteiger partial charge in [0, 0.05) is 31.1 Å². The van der Waals surface area contributed by atoms with Crippen LogP contribution in [0.5, 0.6) is 17.2 Å². The van der Waals surface area contributed by atoms with Crippen molar-refractivity contribution in [3.63, 3.8) is 0 Å². The fourth-order valence-electron chi connectivity index (χ4n) is 3.23. The zero-order valence-electron chi connectivity index (χ0n) is 17.5. The van der Waals surface area contributed by atoms with Crippen LogP contribution in [-0.4, -0.2) is 36.8 Å². The third-order valence-corrected chi connectivity index (χ3v) is 4.90. The van der Waals surface area contributed by atoms with Gasteiger partial charge in [-0.1, -0.05) is 12.1 Å². The largest absolute Gasteiger partial charge is 0.496 e. The van der Waals surface area contributed by atoms with Crippen LogP contribution in [0, 0.1) is 6.92 Å². The molecule has 0 radical (unpaired) electrons. The number of hydrogen-bond acceptors (Lipinski definition) is 6. The number of methoxy groups -OCH3 is 3. The molecule has 0 bridgehead atoms. The average molecular weight is 411 g/mol. The SMILES string of the molecule is COc1cc(OC)c(OC)cc1CNC(=O)CCn1cnc2c(C)cccc2c1=O. The second-order valence-corrected chi connectivity index (χ2v) is 6.76. The molecule has 158 valence electrons. The lowest BCUT2D eigenvalue weighted by Gasteiger charge is -2.14. The van der Waals surface area contributed by atoms with E-state index in [1.54, 1.807) is 39.5 Å². The van der Waals surface area contributed by atoms with Crippen LogP contribution in [0.25, 0.3) is 10.9 Å². The Morgan fingerprint density at radius 1 is 1.07 bits per heavy atom. The molecule has 0 saturated heterocycles. The number of hydrogen-bond donors (Lipinski definition) is 1. The lowest BCUT2D eigenvalue weighted by Crippen LogP contribution is -2.27. The Morgan fingerprint density at radius 3 is 2.47 bits per heavy atom. The zero-order valence-corrected chi connectivity index (χ0v) is 17.5. The van der Waals surface area contributed by atoms with Crippen LogP contribution in [0.2, 0.25) is 0 Å². The summed E-state index contributed by atoms with van der Waals surface area (Å²) in [7, 11) is 4.64. The van der Waals surface area contributed by atoms with Gasteiger partial charge in [0.1, 0.15) is 5.75 Å². The van der Waals surface area contributed by atoms with Crippen molar-refractivity contribution < 1.29 is 19.0 Å². The fraction of sp³-hybridized carbons (Fsp3) is 0.318. The molecule has 1 amide bonds. The molecule has 3 aromatic rings. The first kappa shape index (κ1) is 21.2. The van der Waals surface area contributed by atoms with Crippen LogP contribution in [0.4, 0.5) is 0 Å². The van der Waals surface area contributed by atoms with Crippen LogP contribution in [0.1, 0.15) is 17.5 Å². The average Bonchev–Trinajstić information content (AvgIpc) is 2.77. The highest BCUT2D eigenvalue weighted by Crippen LogP contribution is 2.34. The summed E-state index contributed by atoms with van der Waals surface area (Å²) < 4.78 is 17.4. The minimum atomic E-state index is -0.192. The normalized spacial score (nSPS) is 10.7. The van der Waals surface area contributed by atoms with Gasteiger partial charge in [-0.05, 0) is 24.6 Å². The summed E-state index contributed by atoms with van der Waals surface area (Å²) in [5.74, 6) is 1.48. The van der Waals surface area contributed by atoms with Crippen molar-refractivity contribution in [2.24, 2.45) is 0 Å². The highest BCUT2D eigenvalue weighted by atomic mass is 16.5. The van der Waals surface area contributed by atoms with E-state index >= 15 is 0 Å². The number of para-hydroxylation sites is 1. The second-order valence-electron chi connectivity index (χ2n) is 6.76. The van der Waals surface area contributed by atoms with Crippen molar-refractivity contribution in [3.05, 3.63) is 58.1 Å². The van der Waals surface area contributed by atoms with E-state index in [2.05, 4.69) is 10.3 Å². The predicted octanol–water partition coefficient (Wildman–Crippen LogP) is 2.44.